The maximum absolute atomic E-state index is 6.14. The van der Waals surface area contributed by atoms with Gasteiger partial charge in [0, 0.05) is 28.7 Å². The highest BCUT2D eigenvalue weighted by Crippen LogP contribution is 2.26. The molecule has 1 aromatic carbocycles. The van der Waals surface area contributed by atoms with Crippen LogP contribution < -0.4 is 11.1 Å². The van der Waals surface area contributed by atoms with Gasteiger partial charge in [0.1, 0.15) is 0 Å². The summed E-state index contributed by atoms with van der Waals surface area (Å²) in [4.78, 5) is 0. The van der Waals surface area contributed by atoms with Gasteiger partial charge in [-0.3, -0.25) is 0 Å². The van der Waals surface area contributed by atoms with Gasteiger partial charge in [-0.1, -0.05) is 30.1 Å². The quantitative estimate of drug-likeness (QED) is 0.852. The van der Waals surface area contributed by atoms with Crippen molar-refractivity contribution in [2.45, 2.75) is 32.4 Å². The fourth-order valence-corrected chi connectivity index (χ4v) is 1.96. The van der Waals surface area contributed by atoms with Crippen LogP contribution >= 0.6 is 23.2 Å². The topological polar surface area (TPSA) is 38.0 Å². The van der Waals surface area contributed by atoms with E-state index in [1.807, 2.05) is 6.07 Å². The van der Waals surface area contributed by atoms with Gasteiger partial charge in [-0.25, -0.2) is 0 Å². The van der Waals surface area contributed by atoms with Gasteiger partial charge < -0.3 is 11.1 Å². The Kier molecular flexibility index (Phi) is 5.56. The molecule has 1 rings (SSSR count). The van der Waals surface area contributed by atoms with Crippen LogP contribution in [0.3, 0.4) is 0 Å². The van der Waals surface area contributed by atoms with Crippen molar-refractivity contribution in [2.24, 2.45) is 5.73 Å². The van der Waals surface area contributed by atoms with E-state index in [0.717, 1.165) is 12.0 Å². The molecule has 0 bridgehead atoms. The molecular formula is C12H18Cl2N2. The molecule has 16 heavy (non-hydrogen) atoms. The lowest BCUT2D eigenvalue weighted by molar-refractivity contribution is 0.452. The second-order valence-corrected chi connectivity index (χ2v) is 4.77. The molecule has 0 heterocycles. The molecule has 2 atom stereocenters. The van der Waals surface area contributed by atoms with Gasteiger partial charge in [0.2, 0.25) is 0 Å². The van der Waals surface area contributed by atoms with Crippen molar-refractivity contribution in [3.8, 4) is 0 Å². The van der Waals surface area contributed by atoms with E-state index in [2.05, 4.69) is 19.2 Å². The molecule has 1 aromatic rings. The first-order chi connectivity index (χ1) is 7.58. The molecule has 0 saturated carbocycles. The van der Waals surface area contributed by atoms with Crippen LogP contribution in [0.5, 0.6) is 0 Å². The maximum atomic E-state index is 6.14. The molecule has 3 N–H and O–H groups in total. The normalized spacial score (nSPS) is 14.8. The molecule has 0 aliphatic carbocycles. The van der Waals surface area contributed by atoms with Gasteiger partial charge in [-0.15, -0.1) is 0 Å². The number of nitrogens with two attached hydrogens (primary N) is 1. The van der Waals surface area contributed by atoms with E-state index in [1.165, 1.54) is 0 Å². The van der Waals surface area contributed by atoms with Crippen LogP contribution in [0.4, 0.5) is 0 Å². The highest BCUT2D eigenvalue weighted by atomic mass is 35.5. The van der Waals surface area contributed by atoms with Gasteiger partial charge in [-0.2, -0.15) is 0 Å². The highest BCUT2D eigenvalue weighted by molar-refractivity contribution is 6.33. The van der Waals surface area contributed by atoms with Crippen molar-refractivity contribution in [1.82, 2.24) is 5.32 Å². The molecule has 0 amide bonds. The smallest absolute Gasteiger partial charge is 0.0461 e. The molecule has 0 aliphatic rings. The van der Waals surface area contributed by atoms with Gasteiger partial charge in [-0.05, 0) is 37.1 Å². The molecule has 0 spiro atoms. The van der Waals surface area contributed by atoms with Crippen molar-refractivity contribution in [1.29, 1.82) is 0 Å². The Hall–Kier alpha value is -0.280. The van der Waals surface area contributed by atoms with E-state index in [4.69, 9.17) is 28.9 Å². The minimum Gasteiger partial charge on any atom is -0.329 e. The fraction of sp³-hybridized carbons (Fsp3) is 0.500. The number of nitrogens with one attached hydrogen (secondary N) is 1. The van der Waals surface area contributed by atoms with Crippen LogP contribution in [0.1, 0.15) is 31.9 Å². The zero-order chi connectivity index (χ0) is 12.1. The SMILES string of the molecule is CCC(C)NC(CN)c1cc(Cl)ccc1Cl. The Balaban J connectivity index is 2.89. The summed E-state index contributed by atoms with van der Waals surface area (Å²) in [5.41, 5.74) is 6.73. The van der Waals surface area contributed by atoms with E-state index < -0.39 is 0 Å². The van der Waals surface area contributed by atoms with Crippen LogP contribution in [0.15, 0.2) is 18.2 Å². The molecule has 4 heteroatoms. The Morgan fingerprint density at radius 2 is 2.06 bits per heavy atom. The first kappa shape index (κ1) is 13.8. The third-order valence-electron chi connectivity index (χ3n) is 2.67. The lowest BCUT2D eigenvalue weighted by atomic mass is 10.1. The predicted molar refractivity (Wildman–Crippen MR) is 71.1 cm³/mol. The minimum absolute atomic E-state index is 0.0566. The van der Waals surface area contributed by atoms with E-state index in [0.29, 0.717) is 22.6 Å². The van der Waals surface area contributed by atoms with Gasteiger partial charge >= 0.3 is 0 Å². The van der Waals surface area contributed by atoms with Crippen LogP contribution in [-0.4, -0.2) is 12.6 Å². The average molecular weight is 261 g/mol. The Morgan fingerprint density at radius 3 is 2.62 bits per heavy atom. The number of halogens is 2. The van der Waals surface area contributed by atoms with Crippen molar-refractivity contribution in [2.75, 3.05) is 6.54 Å². The van der Waals surface area contributed by atoms with E-state index >= 15 is 0 Å². The molecule has 0 aromatic heterocycles. The highest BCUT2D eigenvalue weighted by Gasteiger charge is 2.15. The van der Waals surface area contributed by atoms with Crippen molar-refractivity contribution in [3.63, 3.8) is 0 Å². The molecule has 2 nitrogen and oxygen atoms in total. The molecule has 0 aliphatic heterocycles. The summed E-state index contributed by atoms with van der Waals surface area (Å²) in [6.07, 6.45) is 1.05. The standard InChI is InChI=1S/C12H18Cl2N2/c1-3-8(2)16-12(7-15)10-6-9(13)4-5-11(10)14/h4-6,8,12,16H,3,7,15H2,1-2H3. The summed E-state index contributed by atoms with van der Waals surface area (Å²) in [6, 6.07) is 5.92. The second-order valence-electron chi connectivity index (χ2n) is 3.93. The Labute approximate surface area is 107 Å². The van der Waals surface area contributed by atoms with Gasteiger partial charge in [0.15, 0.2) is 0 Å². The molecule has 90 valence electrons. The van der Waals surface area contributed by atoms with Crippen LogP contribution in [0.25, 0.3) is 0 Å². The summed E-state index contributed by atoms with van der Waals surface area (Å²) in [7, 11) is 0. The van der Waals surface area contributed by atoms with Gasteiger partial charge in [0.25, 0.3) is 0 Å². The molecule has 0 saturated heterocycles. The summed E-state index contributed by atoms with van der Waals surface area (Å²) < 4.78 is 0. The number of benzene rings is 1. The number of hydrogen-bond donors (Lipinski definition) is 2. The third-order valence-corrected chi connectivity index (χ3v) is 3.25. The van der Waals surface area contributed by atoms with E-state index in [9.17, 15) is 0 Å². The monoisotopic (exact) mass is 260 g/mol. The maximum Gasteiger partial charge on any atom is 0.0461 e. The lowest BCUT2D eigenvalue weighted by Crippen LogP contribution is -2.34. The van der Waals surface area contributed by atoms with Crippen molar-refractivity contribution >= 4 is 23.2 Å². The lowest BCUT2D eigenvalue weighted by Gasteiger charge is -2.22. The first-order valence-electron chi connectivity index (χ1n) is 5.49. The summed E-state index contributed by atoms with van der Waals surface area (Å²) in [5, 5.41) is 4.82. The largest absolute Gasteiger partial charge is 0.329 e. The molecule has 0 fully saturated rings. The third kappa shape index (κ3) is 3.63. The van der Waals surface area contributed by atoms with Crippen LogP contribution in [0.2, 0.25) is 10.0 Å². The average Bonchev–Trinajstić information content (AvgIpc) is 2.29. The number of rotatable bonds is 5. The summed E-state index contributed by atoms with van der Waals surface area (Å²) in [6.45, 7) is 4.76. The van der Waals surface area contributed by atoms with E-state index in [1.54, 1.807) is 12.1 Å². The predicted octanol–water partition coefficient (Wildman–Crippen LogP) is 3.38. The molecule has 0 radical (unpaired) electrons. The molecular weight excluding hydrogens is 243 g/mol. The van der Waals surface area contributed by atoms with Crippen molar-refractivity contribution in [3.05, 3.63) is 33.8 Å². The second kappa shape index (κ2) is 6.45. The fourth-order valence-electron chi connectivity index (χ4n) is 1.53. The first-order valence-corrected chi connectivity index (χ1v) is 6.25. The van der Waals surface area contributed by atoms with Gasteiger partial charge in [0.05, 0.1) is 0 Å². The Bertz CT molecular complexity index is 342. The molecule has 2 unspecified atom stereocenters. The van der Waals surface area contributed by atoms with Crippen LogP contribution in [-0.2, 0) is 0 Å². The zero-order valence-corrected chi connectivity index (χ0v) is 11.1. The number of hydrogen-bond acceptors (Lipinski definition) is 2. The minimum atomic E-state index is 0.0566. The Morgan fingerprint density at radius 1 is 1.38 bits per heavy atom. The zero-order valence-electron chi connectivity index (χ0n) is 9.63. The summed E-state index contributed by atoms with van der Waals surface area (Å²) in [5.74, 6) is 0. The van der Waals surface area contributed by atoms with Crippen molar-refractivity contribution < 1.29 is 0 Å². The van der Waals surface area contributed by atoms with Crippen LogP contribution in [0, 0.1) is 0 Å². The summed E-state index contributed by atoms with van der Waals surface area (Å²) >= 11 is 12.1. The van der Waals surface area contributed by atoms with E-state index in [-0.39, 0.29) is 6.04 Å².